The quantitative estimate of drug-likeness (QED) is 0.0289. The van der Waals surface area contributed by atoms with E-state index in [1.54, 1.807) is 58.0 Å². The van der Waals surface area contributed by atoms with Crippen LogP contribution in [0.1, 0.15) is 205 Å². The number of aromatic nitrogens is 4. The second-order valence-corrected chi connectivity index (χ2v) is 40.6. The number of aliphatic carboxylic acids is 1. The molecule has 4 rings (SSSR count). The van der Waals surface area contributed by atoms with Gasteiger partial charge in [0.25, 0.3) is 0 Å². The topological polar surface area (TPSA) is 324 Å². The highest BCUT2D eigenvalue weighted by Gasteiger charge is 2.30. The molecule has 2 unspecified atom stereocenters. The van der Waals surface area contributed by atoms with Gasteiger partial charge in [-0.3, -0.25) is 18.7 Å². The number of nitrogens with zero attached hydrogens (tertiary/aromatic N) is 4. The van der Waals surface area contributed by atoms with Crippen molar-refractivity contribution in [1.82, 2.24) is 15.0 Å². The van der Waals surface area contributed by atoms with Crippen molar-refractivity contribution in [2.24, 2.45) is 32.5 Å². The normalized spacial score (nSPS) is 13.3. The largest absolute Gasteiger partial charge is 0.618 e. The molecular weight excluding hydrogens is 1210 g/mol. The number of aliphatic hydroxyl groups is 1. The molecule has 4 aromatic rings. The Morgan fingerprint density at radius 2 is 0.843 bits per heavy atom. The maximum absolute atomic E-state index is 12.5. The van der Waals surface area contributed by atoms with E-state index in [1.807, 2.05) is 78.8 Å². The maximum atomic E-state index is 12.5. The monoisotopic (exact) mass is 1320 g/mol. The van der Waals surface area contributed by atoms with Crippen molar-refractivity contribution in [3.8, 4) is 0 Å². The fourth-order valence-corrected chi connectivity index (χ4v) is 12.7. The van der Waals surface area contributed by atoms with Crippen LogP contribution in [0.15, 0.2) is 72.8 Å². The van der Waals surface area contributed by atoms with E-state index in [-0.39, 0.29) is 68.5 Å². The SMILES string of the molecule is CC(C)(C)C(=O)CC(O)C(=O)O.CC(C)(C)Cc1cccc(C(=O)O)n1.CC(C)(C)Cc1cccc(P(=O)(O)O)n1.CCP(=O)(CC)CC(=O)C(C)(C)C.CCP(=O)(CC)Cc1cccc(CC(C)(C)C)[n+]1[O-].CCP(=O)(O)c1cccc(CC(C)(C)C)n1. The smallest absolute Gasteiger partial charge is 0.374 e. The second-order valence-electron chi connectivity index (χ2n) is 29.2. The summed E-state index contributed by atoms with van der Waals surface area (Å²) >= 11 is 0. The molecule has 4 aromatic heterocycles. The molecule has 0 saturated heterocycles. The van der Waals surface area contributed by atoms with Crippen LogP contribution in [-0.4, -0.2) is 112 Å². The first-order valence-electron chi connectivity index (χ1n) is 30.3. The number of pyridine rings is 4. The van der Waals surface area contributed by atoms with Crippen LogP contribution < -0.4 is 15.6 Å². The average Bonchev–Trinajstić information content (AvgIpc) is 3.39. The summed E-state index contributed by atoms with van der Waals surface area (Å²) < 4.78 is 48.3. The Morgan fingerprint density at radius 3 is 1.19 bits per heavy atom. The van der Waals surface area contributed by atoms with E-state index in [0.29, 0.717) is 54.1 Å². The van der Waals surface area contributed by atoms with Crippen LogP contribution in [-0.2, 0) is 64.5 Å². The zero-order chi connectivity index (χ0) is 70.2. The van der Waals surface area contributed by atoms with Crippen molar-refractivity contribution in [2.45, 2.75) is 204 Å². The predicted octanol–water partition coefficient (Wildman–Crippen LogP) is 13.7. The molecule has 0 aromatic carbocycles. The minimum atomic E-state index is -4.22. The molecule has 0 amide bonds. The zero-order valence-electron chi connectivity index (χ0n) is 57.9. The second kappa shape index (κ2) is 36.6. The Labute approximate surface area is 533 Å². The molecule has 0 aliphatic carbocycles. The van der Waals surface area contributed by atoms with Crippen LogP contribution in [0.4, 0.5) is 0 Å². The van der Waals surface area contributed by atoms with Crippen molar-refractivity contribution in [2.75, 3.05) is 37.0 Å². The lowest BCUT2D eigenvalue weighted by Crippen LogP contribution is -2.38. The summed E-state index contributed by atoms with van der Waals surface area (Å²) in [5.41, 5.74) is 3.60. The van der Waals surface area contributed by atoms with Crippen molar-refractivity contribution >= 4 is 63.6 Å². The van der Waals surface area contributed by atoms with Gasteiger partial charge in [0.2, 0.25) is 7.37 Å². The highest BCUT2D eigenvalue weighted by Crippen LogP contribution is 2.48. The summed E-state index contributed by atoms with van der Waals surface area (Å²) in [6.45, 7) is 45.3. The molecule has 0 aliphatic heterocycles. The molecule has 6 N–H and O–H groups in total. The number of carboxylic acids is 2. The summed E-state index contributed by atoms with van der Waals surface area (Å²) in [5.74, 6) is -2.45. The van der Waals surface area contributed by atoms with Gasteiger partial charge in [0, 0.05) is 59.0 Å². The van der Waals surface area contributed by atoms with E-state index in [0.717, 1.165) is 41.1 Å². The summed E-state index contributed by atoms with van der Waals surface area (Å²) in [6, 6.07) is 20.8. The van der Waals surface area contributed by atoms with Gasteiger partial charge >= 0.3 is 19.5 Å². The summed E-state index contributed by atoms with van der Waals surface area (Å²) in [5, 5.41) is 38.2. The summed E-state index contributed by atoms with van der Waals surface area (Å²) in [6.07, 6.45) is 4.67. The van der Waals surface area contributed by atoms with E-state index >= 15 is 0 Å². The molecule has 4 heterocycles. The summed E-state index contributed by atoms with van der Waals surface area (Å²) in [7, 11) is -11.9. The lowest BCUT2D eigenvalue weighted by molar-refractivity contribution is -0.622. The highest BCUT2D eigenvalue weighted by atomic mass is 31.2. The predicted molar refractivity (Wildman–Crippen MR) is 363 cm³/mol. The fourth-order valence-electron chi connectivity index (χ4n) is 7.62. The van der Waals surface area contributed by atoms with Gasteiger partial charge in [-0.2, -0.15) is 4.73 Å². The van der Waals surface area contributed by atoms with Crippen molar-refractivity contribution < 1.29 is 72.2 Å². The molecule has 0 fully saturated rings. The number of hydrogen-bond acceptors (Lipinski definition) is 13. The maximum Gasteiger partial charge on any atom is 0.374 e. The van der Waals surface area contributed by atoms with E-state index < -0.39 is 52.7 Å². The average molecular weight is 1330 g/mol. The first-order valence-corrected chi connectivity index (χ1v) is 38.3. The molecule has 19 nitrogen and oxygen atoms in total. The third-order valence-electron chi connectivity index (χ3n) is 13.2. The van der Waals surface area contributed by atoms with Gasteiger partial charge in [-0.05, 0) is 108 Å². The molecule has 0 radical (unpaired) electrons. The van der Waals surface area contributed by atoms with Crippen molar-refractivity contribution in [3.63, 3.8) is 0 Å². The van der Waals surface area contributed by atoms with E-state index in [2.05, 4.69) is 98.0 Å². The van der Waals surface area contributed by atoms with Gasteiger partial charge in [0.15, 0.2) is 22.9 Å². The molecule has 89 heavy (non-hydrogen) atoms. The van der Waals surface area contributed by atoms with Gasteiger partial charge in [-0.1, -0.05) is 177 Å². The molecule has 0 aliphatic rings. The van der Waals surface area contributed by atoms with Crippen molar-refractivity contribution in [1.29, 1.82) is 0 Å². The standard InChI is InChI=1S/C15H26NO2P.C12H20NO2P.C11H15NO2.C10H16NO3P.C10H21O2P.C8H14O4/c1-6-19(18,7-2)12-14-10-8-9-13(16(14)17)11-15(3,4)5;1-5-16(14,15)11-8-6-7-10(13-11)9-12(2,3)4;1-11(2,3)7-8-5-4-6-9(12-8)10(13)14;1-10(2,3)7-8-5-4-6-9(11-8)15(12,13)14;1-6-13(12,7-2)8-9(11)10(3,4)5;1-8(2,3)6(10)4-5(9)7(11)12/h8-10H,6-7,11-12H2,1-5H3;6-8H,5,9H2,1-4H3,(H,14,15);4-6H,7H2,1-3H3,(H,13,14);4-6H,7H2,1-3H3,(H2,12,13,14);6-8H2,1-5H3;5,9H,4H2,1-3H3,(H,11,12). The Kier molecular flexibility index (Phi) is 35.6. The number of aromatic carboxylic acids is 1. The van der Waals surface area contributed by atoms with Gasteiger partial charge in [0.1, 0.15) is 22.7 Å². The highest BCUT2D eigenvalue weighted by molar-refractivity contribution is 7.65. The first-order chi connectivity index (χ1) is 40.0. The third-order valence-corrected chi connectivity index (χ3v) is 22.2. The van der Waals surface area contributed by atoms with Crippen LogP contribution in [0.2, 0.25) is 0 Å². The molecule has 23 heteroatoms. The number of hydrogen-bond donors (Lipinski definition) is 6. The molecule has 0 spiro atoms. The summed E-state index contributed by atoms with van der Waals surface area (Å²) in [4.78, 5) is 83.5. The van der Waals surface area contributed by atoms with E-state index in [1.165, 1.54) is 12.1 Å². The van der Waals surface area contributed by atoms with Crippen molar-refractivity contribution in [3.05, 3.63) is 112 Å². The van der Waals surface area contributed by atoms with E-state index in [4.69, 9.17) is 25.1 Å². The molecule has 0 saturated carbocycles. The van der Waals surface area contributed by atoms with Gasteiger partial charge in [0.05, 0.1) is 26.6 Å². The number of ketones is 2. The van der Waals surface area contributed by atoms with Gasteiger partial charge in [-0.25, -0.2) is 24.5 Å². The Morgan fingerprint density at radius 1 is 0.483 bits per heavy atom. The number of rotatable bonds is 19. The Balaban J connectivity index is 0. The van der Waals surface area contributed by atoms with Crippen LogP contribution in [0.25, 0.3) is 0 Å². The first kappa shape index (κ1) is 86.5. The van der Waals surface area contributed by atoms with Gasteiger partial charge in [-0.15, -0.1) is 0 Å². The minimum absolute atomic E-state index is 0.0561. The molecule has 506 valence electrons. The van der Waals surface area contributed by atoms with Crippen LogP contribution >= 0.6 is 29.2 Å². The van der Waals surface area contributed by atoms with Crippen LogP contribution in [0.5, 0.6) is 0 Å². The lowest BCUT2D eigenvalue weighted by Gasteiger charge is -2.20. The minimum Gasteiger partial charge on any atom is -0.618 e. The Bertz CT molecular complexity index is 3070. The Hall–Kier alpha value is -4.56. The number of carboxylic acid groups (broad SMARTS) is 2. The number of aliphatic hydroxyl groups excluding tert-OH is 1. The number of carbonyl (C=O) groups is 4. The number of Topliss-reactive ketones (excluding diaryl/α,β-unsaturated/α-hetero) is 2. The lowest BCUT2D eigenvalue weighted by atomic mass is 9.88. The molecule has 0 bridgehead atoms. The van der Waals surface area contributed by atoms with E-state index in [9.17, 15) is 47.5 Å². The molecule has 2 atom stereocenters. The van der Waals surface area contributed by atoms with Crippen LogP contribution in [0.3, 0.4) is 0 Å². The third kappa shape index (κ3) is 38.2. The van der Waals surface area contributed by atoms with Crippen LogP contribution in [0, 0.1) is 37.7 Å². The number of carbonyl (C=O) groups excluding carboxylic acids is 2. The molecular formula is C66H112N4O15P4. The van der Waals surface area contributed by atoms with Gasteiger partial charge < -0.3 is 44.3 Å². The fraction of sp³-hybridized carbons (Fsp3) is 0.636. The zero-order valence-corrected chi connectivity index (χ0v) is 61.5.